The molecule has 4 aromatic carbocycles. The van der Waals surface area contributed by atoms with E-state index in [4.69, 9.17) is 0 Å². The van der Waals surface area contributed by atoms with Crippen LogP contribution >= 0.6 is 0 Å². The van der Waals surface area contributed by atoms with Gasteiger partial charge in [0.2, 0.25) is 0 Å². The van der Waals surface area contributed by atoms with Gasteiger partial charge in [0.05, 0.1) is 11.0 Å². The molecular weight excluding hydrogens is 388 g/mol. The smallest absolute Gasteiger partial charge is 0.0573 e. The van der Waals surface area contributed by atoms with Crippen LogP contribution < -0.4 is 0 Å². The van der Waals surface area contributed by atoms with E-state index in [2.05, 4.69) is 121 Å². The van der Waals surface area contributed by atoms with Crippen LogP contribution in [-0.2, 0) is 0 Å². The van der Waals surface area contributed by atoms with Crippen molar-refractivity contribution in [3.05, 3.63) is 102 Å². The van der Waals surface area contributed by atoms with Crippen molar-refractivity contribution in [1.29, 1.82) is 0 Å². The van der Waals surface area contributed by atoms with E-state index in [1.165, 1.54) is 60.7 Å². The first-order valence-corrected chi connectivity index (χ1v) is 11.1. The molecule has 0 saturated heterocycles. The van der Waals surface area contributed by atoms with Crippen LogP contribution in [0.15, 0.2) is 91.0 Å². The summed E-state index contributed by atoms with van der Waals surface area (Å²) < 4.78 is 0. The van der Waals surface area contributed by atoms with Gasteiger partial charge in [0.25, 0.3) is 0 Å². The molecule has 0 spiro atoms. The minimum atomic E-state index is 1.16. The molecule has 2 nitrogen and oxygen atoms in total. The van der Waals surface area contributed by atoms with Crippen LogP contribution in [0.4, 0.5) is 0 Å². The van der Waals surface area contributed by atoms with Crippen molar-refractivity contribution < 1.29 is 0 Å². The summed E-state index contributed by atoms with van der Waals surface area (Å²) in [4.78, 5) is 7.52. The second kappa shape index (κ2) is 7.28. The fourth-order valence-electron chi connectivity index (χ4n) is 5.09. The topological polar surface area (TPSA) is 31.6 Å². The fraction of sp³-hybridized carbons (Fsp3) is 0.0667. The van der Waals surface area contributed by atoms with E-state index in [9.17, 15) is 0 Å². The Morgan fingerprint density at radius 2 is 1.25 bits per heavy atom. The van der Waals surface area contributed by atoms with E-state index in [0.29, 0.717) is 0 Å². The lowest BCUT2D eigenvalue weighted by atomic mass is 9.88. The molecule has 0 bridgehead atoms. The van der Waals surface area contributed by atoms with Gasteiger partial charge in [-0.15, -0.1) is 0 Å². The molecule has 2 heteroatoms. The van der Waals surface area contributed by atoms with E-state index in [1.54, 1.807) is 0 Å². The number of rotatable bonds is 3. The zero-order valence-corrected chi connectivity index (χ0v) is 18.2. The quantitative estimate of drug-likeness (QED) is 0.292. The second-order valence-electron chi connectivity index (χ2n) is 8.32. The summed E-state index contributed by atoms with van der Waals surface area (Å²) in [6.07, 6.45) is 4.34. The molecule has 2 aromatic heterocycles. The average Bonchev–Trinajstić information content (AvgIpc) is 3.37. The first-order chi connectivity index (χ1) is 15.8. The van der Waals surface area contributed by atoms with Gasteiger partial charge < -0.3 is 9.97 Å². The molecule has 6 aromatic rings. The molecule has 2 heterocycles. The maximum atomic E-state index is 3.77. The van der Waals surface area contributed by atoms with Gasteiger partial charge in [-0.3, -0.25) is 0 Å². The number of hydrogen-bond acceptors (Lipinski definition) is 0. The molecule has 0 aliphatic rings. The van der Waals surface area contributed by atoms with Gasteiger partial charge >= 0.3 is 0 Å². The maximum Gasteiger partial charge on any atom is 0.0573 e. The molecule has 32 heavy (non-hydrogen) atoms. The van der Waals surface area contributed by atoms with Crippen molar-refractivity contribution in [2.75, 3.05) is 0 Å². The predicted molar refractivity (Wildman–Crippen MR) is 138 cm³/mol. The number of benzene rings is 4. The molecule has 2 N–H and O–H groups in total. The highest BCUT2D eigenvalue weighted by Crippen LogP contribution is 2.48. The molecule has 0 radical (unpaired) electrons. The summed E-state index contributed by atoms with van der Waals surface area (Å²) in [6, 6.07) is 30.2. The number of allylic oxidation sites excluding steroid dienone is 1. The van der Waals surface area contributed by atoms with Crippen molar-refractivity contribution in [3.63, 3.8) is 0 Å². The Balaban J connectivity index is 1.96. The highest BCUT2D eigenvalue weighted by molar-refractivity contribution is 6.28. The van der Waals surface area contributed by atoms with Crippen molar-refractivity contribution in [2.24, 2.45) is 0 Å². The number of para-hydroxylation sites is 1. The van der Waals surface area contributed by atoms with Crippen LogP contribution in [0, 0.1) is 6.92 Å². The third-order valence-electron chi connectivity index (χ3n) is 6.40. The van der Waals surface area contributed by atoms with E-state index in [1.807, 2.05) is 0 Å². The first-order valence-electron chi connectivity index (χ1n) is 11.1. The van der Waals surface area contributed by atoms with Gasteiger partial charge in [0, 0.05) is 44.1 Å². The summed E-state index contributed by atoms with van der Waals surface area (Å²) in [5, 5.41) is 3.79. The maximum absolute atomic E-state index is 3.77. The van der Waals surface area contributed by atoms with Crippen LogP contribution in [-0.4, -0.2) is 9.97 Å². The lowest BCUT2D eigenvalue weighted by Gasteiger charge is -2.15. The zero-order chi connectivity index (χ0) is 21.7. The zero-order valence-electron chi connectivity index (χ0n) is 18.2. The Hall–Kier alpha value is -4.04. The summed E-state index contributed by atoms with van der Waals surface area (Å²) in [7, 11) is 0. The van der Waals surface area contributed by atoms with Gasteiger partial charge in [-0.25, -0.2) is 0 Å². The van der Waals surface area contributed by atoms with Crippen LogP contribution in [0.2, 0.25) is 0 Å². The highest BCUT2D eigenvalue weighted by atomic mass is 14.8. The SMILES string of the molecule is C/C=C\c1c(C)[nH]c2c(-c3ccccc3)c(-c3ccccc3)c3c4ccccc4[nH]c3c12. The molecule has 0 amide bonds. The van der Waals surface area contributed by atoms with E-state index >= 15 is 0 Å². The minimum Gasteiger partial charge on any atom is -0.358 e. The summed E-state index contributed by atoms with van der Waals surface area (Å²) in [6.45, 7) is 4.25. The van der Waals surface area contributed by atoms with E-state index in [0.717, 1.165) is 5.52 Å². The molecule has 154 valence electrons. The van der Waals surface area contributed by atoms with Crippen LogP contribution in [0.1, 0.15) is 18.2 Å². The Bertz CT molecular complexity index is 1610. The molecule has 0 aliphatic carbocycles. The molecular formula is C30H24N2. The first kappa shape index (κ1) is 18.7. The third-order valence-corrected chi connectivity index (χ3v) is 6.40. The minimum absolute atomic E-state index is 1.16. The van der Waals surface area contributed by atoms with Crippen molar-refractivity contribution >= 4 is 38.8 Å². The normalized spacial score (nSPS) is 11.9. The van der Waals surface area contributed by atoms with Gasteiger partial charge in [0.1, 0.15) is 0 Å². The van der Waals surface area contributed by atoms with Gasteiger partial charge in [-0.2, -0.15) is 0 Å². The van der Waals surface area contributed by atoms with Crippen molar-refractivity contribution in [1.82, 2.24) is 9.97 Å². The lowest BCUT2D eigenvalue weighted by Crippen LogP contribution is -1.90. The van der Waals surface area contributed by atoms with Gasteiger partial charge in [-0.1, -0.05) is 91.0 Å². The van der Waals surface area contributed by atoms with Crippen molar-refractivity contribution in [2.45, 2.75) is 13.8 Å². The Morgan fingerprint density at radius 3 is 1.94 bits per heavy atom. The Morgan fingerprint density at radius 1 is 0.625 bits per heavy atom. The van der Waals surface area contributed by atoms with E-state index < -0.39 is 0 Å². The third kappa shape index (κ3) is 2.66. The molecule has 0 unspecified atom stereocenters. The molecule has 6 rings (SSSR count). The Labute approximate surface area is 187 Å². The van der Waals surface area contributed by atoms with Crippen LogP contribution in [0.3, 0.4) is 0 Å². The number of aryl methyl sites for hydroxylation is 1. The predicted octanol–water partition coefficient (Wildman–Crippen LogP) is 8.48. The average molecular weight is 413 g/mol. The number of nitrogens with one attached hydrogen (secondary N) is 2. The summed E-state index contributed by atoms with van der Waals surface area (Å²) >= 11 is 0. The highest BCUT2D eigenvalue weighted by Gasteiger charge is 2.23. The van der Waals surface area contributed by atoms with Crippen LogP contribution in [0.25, 0.3) is 61.0 Å². The number of aromatic amines is 2. The monoisotopic (exact) mass is 412 g/mol. The van der Waals surface area contributed by atoms with E-state index in [-0.39, 0.29) is 0 Å². The molecule has 0 saturated carbocycles. The largest absolute Gasteiger partial charge is 0.358 e. The van der Waals surface area contributed by atoms with Gasteiger partial charge in [-0.05, 0) is 31.0 Å². The fourth-order valence-corrected chi connectivity index (χ4v) is 5.09. The van der Waals surface area contributed by atoms with Crippen molar-refractivity contribution in [3.8, 4) is 22.3 Å². The standard InChI is InChI=1S/C30H24N2/c1-3-12-22-19(2)31-29-26(21-15-8-5-9-16-21)25(20-13-6-4-7-14-20)27-23-17-10-11-18-24(23)32-30(27)28(22)29/h3-18,31-32H,1-2H3/b12-3-. The van der Waals surface area contributed by atoms with Gasteiger partial charge in [0.15, 0.2) is 0 Å². The number of hydrogen-bond donors (Lipinski definition) is 2. The number of fused-ring (bicyclic) bond motifs is 5. The molecule has 0 fully saturated rings. The number of H-pyrrole nitrogens is 2. The lowest BCUT2D eigenvalue weighted by molar-refractivity contribution is 1.29. The summed E-state index contributed by atoms with van der Waals surface area (Å²) in [5.41, 5.74) is 10.9. The number of aromatic nitrogens is 2. The summed E-state index contributed by atoms with van der Waals surface area (Å²) in [5.74, 6) is 0. The van der Waals surface area contributed by atoms with Crippen LogP contribution in [0.5, 0.6) is 0 Å². The molecule has 0 aliphatic heterocycles. The molecule has 0 atom stereocenters. The second-order valence-corrected chi connectivity index (χ2v) is 8.32. The Kier molecular flexibility index (Phi) is 4.26.